The van der Waals surface area contributed by atoms with E-state index < -0.39 is 0 Å². The van der Waals surface area contributed by atoms with Crippen molar-refractivity contribution in [2.75, 3.05) is 0 Å². The molecule has 68 valence electrons. The molecule has 0 spiro atoms. The lowest BCUT2D eigenvalue weighted by Crippen LogP contribution is -1.96. The zero-order chi connectivity index (χ0) is 9.26. The number of carbonyl (C=O) groups is 1. The van der Waals surface area contributed by atoms with Crippen LogP contribution >= 0.6 is 11.6 Å². The monoisotopic (exact) mass is 195 g/mol. The zero-order valence-electron chi connectivity index (χ0n) is 7.16. The molecule has 2 nitrogen and oxygen atoms in total. The Hall–Kier alpha value is -0.890. The molecule has 1 aliphatic rings. The van der Waals surface area contributed by atoms with Crippen LogP contribution in [0, 0.1) is 0 Å². The Morgan fingerprint density at radius 3 is 2.85 bits per heavy atom. The first-order chi connectivity index (χ1) is 6.25. The molecule has 1 fully saturated rings. The van der Waals surface area contributed by atoms with Gasteiger partial charge >= 0.3 is 0 Å². The average molecular weight is 196 g/mol. The van der Waals surface area contributed by atoms with Crippen LogP contribution < -0.4 is 0 Å². The van der Waals surface area contributed by atoms with Crippen molar-refractivity contribution in [1.29, 1.82) is 0 Å². The van der Waals surface area contributed by atoms with Crippen molar-refractivity contribution in [3.63, 3.8) is 0 Å². The second-order valence-electron chi connectivity index (χ2n) is 3.38. The lowest BCUT2D eigenvalue weighted by atomic mass is 10.0. The van der Waals surface area contributed by atoms with Gasteiger partial charge in [0, 0.05) is 30.7 Å². The van der Waals surface area contributed by atoms with Gasteiger partial charge in [-0.2, -0.15) is 0 Å². The van der Waals surface area contributed by atoms with E-state index in [9.17, 15) is 4.79 Å². The molecule has 1 unspecified atom stereocenters. The average Bonchev–Trinajstić information content (AvgIpc) is 2.53. The summed E-state index contributed by atoms with van der Waals surface area (Å²) in [6.45, 7) is 0. The van der Waals surface area contributed by atoms with Crippen LogP contribution in [-0.2, 0) is 4.79 Å². The smallest absolute Gasteiger partial charge is 0.133 e. The summed E-state index contributed by atoms with van der Waals surface area (Å²) in [5, 5.41) is 0.646. The van der Waals surface area contributed by atoms with Crippen molar-refractivity contribution in [3.8, 4) is 0 Å². The third kappa shape index (κ3) is 1.89. The van der Waals surface area contributed by atoms with Crippen molar-refractivity contribution in [2.45, 2.75) is 25.2 Å². The lowest BCUT2D eigenvalue weighted by Gasteiger charge is -2.05. The van der Waals surface area contributed by atoms with E-state index in [1.807, 2.05) is 12.1 Å². The van der Waals surface area contributed by atoms with Gasteiger partial charge in [-0.1, -0.05) is 11.6 Å². The standard InChI is InChI=1S/C10H10ClNO/c11-8-2-4-10(12-6-8)7-1-3-9(13)5-7/h2,4,6-7H,1,3,5H2. The topological polar surface area (TPSA) is 30.0 Å². The summed E-state index contributed by atoms with van der Waals surface area (Å²) in [6.07, 6.45) is 3.93. The molecule has 1 aromatic heterocycles. The summed E-state index contributed by atoms with van der Waals surface area (Å²) in [7, 11) is 0. The minimum absolute atomic E-state index is 0.324. The molecular formula is C10H10ClNO. The first kappa shape index (κ1) is 8.70. The van der Waals surface area contributed by atoms with E-state index in [0.29, 0.717) is 29.6 Å². The largest absolute Gasteiger partial charge is 0.300 e. The number of carbonyl (C=O) groups excluding carboxylic acids is 1. The number of nitrogens with zero attached hydrogens (tertiary/aromatic N) is 1. The van der Waals surface area contributed by atoms with Crippen LogP contribution in [0.2, 0.25) is 5.02 Å². The van der Waals surface area contributed by atoms with Crippen LogP contribution in [0.15, 0.2) is 18.3 Å². The lowest BCUT2D eigenvalue weighted by molar-refractivity contribution is -0.117. The Balaban J connectivity index is 2.17. The highest BCUT2D eigenvalue weighted by Gasteiger charge is 2.24. The van der Waals surface area contributed by atoms with E-state index >= 15 is 0 Å². The molecule has 1 aliphatic carbocycles. The normalized spacial score (nSPS) is 22.2. The van der Waals surface area contributed by atoms with Gasteiger partial charge in [0.15, 0.2) is 0 Å². The summed E-state index contributed by atoms with van der Waals surface area (Å²) >= 11 is 5.72. The van der Waals surface area contributed by atoms with Crippen LogP contribution in [0.4, 0.5) is 0 Å². The highest BCUT2D eigenvalue weighted by Crippen LogP contribution is 2.30. The van der Waals surface area contributed by atoms with Gasteiger partial charge in [0.1, 0.15) is 5.78 Å². The molecule has 0 amide bonds. The molecule has 1 aromatic rings. The van der Waals surface area contributed by atoms with Gasteiger partial charge in [0.25, 0.3) is 0 Å². The van der Waals surface area contributed by atoms with Crippen LogP contribution in [0.1, 0.15) is 30.9 Å². The van der Waals surface area contributed by atoms with Crippen molar-refractivity contribution in [3.05, 3.63) is 29.0 Å². The molecule has 1 atom stereocenters. The van der Waals surface area contributed by atoms with Crippen LogP contribution in [0.5, 0.6) is 0 Å². The summed E-state index contributed by atoms with van der Waals surface area (Å²) in [5.41, 5.74) is 0.996. The first-order valence-electron chi connectivity index (χ1n) is 4.39. The molecule has 0 N–H and O–H groups in total. The van der Waals surface area contributed by atoms with Crippen molar-refractivity contribution in [2.24, 2.45) is 0 Å². The number of Topliss-reactive ketones (excluding diaryl/α,β-unsaturated/α-hetero) is 1. The van der Waals surface area contributed by atoms with Gasteiger partial charge < -0.3 is 0 Å². The van der Waals surface area contributed by atoms with E-state index in [-0.39, 0.29) is 0 Å². The van der Waals surface area contributed by atoms with Gasteiger partial charge in [-0.3, -0.25) is 9.78 Å². The van der Waals surface area contributed by atoms with Crippen molar-refractivity contribution in [1.82, 2.24) is 4.98 Å². The number of hydrogen-bond donors (Lipinski definition) is 0. The minimum atomic E-state index is 0.324. The fraction of sp³-hybridized carbons (Fsp3) is 0.400. The maximum absolute atomic E-state index is 11.0. The molecule has 0 aliphatic heterocycles. The Bertz CT molecular complexity index is 320. The van der Waals surface area contributed by atoms with Gasteiger partial charge in [0.05, 0.1) is 5.02 Å². The molecular weight excluding hydrogens is 186 g/mol. The Kier molecular flexibility index (Phi) is 2.32. The predicted molar refractivity (Wildman–Crippen MR) is 50.8 cm³/mol. The maximum atomic E-state index is 11.0. The Labute approximate surface area is 81.9 Å². The van der Waals surface area contributed by atoms with Crippen LogP contribution in [0.25, 0.3) is 0 Å². The third-order valence-electron chi connectivity index (χ3n) is 2.41. The summed E-state index contributed by atoms with van der Waals surface area (Å²) < 4.78 is 0. The SMILES string of the molecule is O=C1CCC(c2ccc(Cl)cn2)C1. The van der Waals surface area contributed by atoms with Crippen molar-refractivity contribution >= 4 is 17.4 Å². The predicted octanol–water partition coefficient (Wildman–Crippen LogP) is 2.57. The summed E-state index contributed by atoms with van der Waals surface area (Å²) in [5.74, 6) is 0.673. The van der Waals surface area contributed by atoms with Gasteiger partial charge in [-0.15, -0.1) is 0 Å². The summed E-state index contributed by atoms with van der Waals surface area (Å²) in [4.78, 5) is 15.3. The summed E-state index contributed by atoms with van der Waals surface area (Å²) in [6, 6.07) is 3.73. The van der Waals surface area contributed by atoms with E-state index in [2.05, 4.69) is 4.98 Å². The van der Waals surface area contributed by atoms with Crippen molar-refractivity contribution < 1.29 is 4.79 Å². The third-order valence-corrected chi connectivity index (χ3v) is 2.64. The van der Waals surface area contributed by atoms with Gasteiger partial charge in [-0.25, -0.2) is 0 Å². The second kappa shape index (κ2) is 3.46. The molecule has 1 saturated carbocycles. The van der Waals surface area contributed by atoms with Gasteiger partial charge in [-0.05, 0) is 18.6 Å². The number of hydrogen-bond acceptors (Lipinski definition) is 2. The van der Waals surface area contributed by atoms with E-state index in [1.165, 1.54) is 0 Å². The van der Waals surface area contributed by atoms with E-state index in [4.69, 9.17) is 11.6 Å². The van der Waals surface area contributed by atoms with Gasteiger partial charge in [0.2, 0.25) is 0 Å². The molecule has 3 heteroatoms. The van der Waals surface area contributed by atoms with E-state index in [0.717, 1.165) is 12.1 Å². The molecule has 0 aromatic carbocycles. The maximum Gasteiger partial charge on any atom is 0.133 e. The van der Waals surface area contributed by atoms with E-state index in [1.54, 1.807) is 6.20 Å². The second-order valence-corrected chi connectivity index (χ2v) is 3.82. The first-order valence-corrected chi connectivity index (χ1v) is 4.76. The Morgan fingerprint density at radius 1 is 1.46 bits per heavy atom. The number of rotatable bonds is 1. The fourth-order valence-electron chi connectivity index (χ4n) is 1.70. The number of halogens is 1. The fourth-order valence-corrected chi connectivity index (χ4v) is 1.81. The number of pyridine rings is 1. The number of ketones is 1. The van der Waals surface area contributed by atoms with Crippen LogP contribution in [0.3, 0.4) is 0 Å². The molecule has 0 bridgehead atoms. The minimum Gasteiger partial charge on any atom is -0.300 e. The van der Waals surface area contributed by atoms with Crippen LogP contribution in [-0.4, -0.2) is 10.8 Å². The Morgan fingerprint density at radius 2 is 2.31 bits per heavy atom. The molecule has 0 radical (unpaired) electrons. The zero-order valence-corrected chi connectivity index (χ0v) is 7.92. The highest BCUT2D eigenvalue weighted by molar-refractivity contribution is 6.30. The number of aromatic nitrogens is 1. The highest BCUT2D eigenvalue weighted by atomic mass is 35.5. The quantitative estimate of drug-likeness (QED) is 0.690. The molecule has 0 saturated heterocycles. The molecule has 2 rings (SSSR count). The molecule has 1 heterocycles. The molecule has 13 heavy (non-hydrogen) atoms.